The second kappa shape index (κ2) is 14.0. The van der Waals surface area contributed by atoms with Crippen LogP contribution >= 0.6 is 11.8 Å². The van der Waals surface area contributed by atoms with Crippen molar-refractivity contribution in [2.75, 3.05) is 0 Å². The fraction of sp³-hybridized carbons (Fsp3) is 0.571. The molecular formula is C21H30O2S. The van der Waals surface area contributed by atoms with Crippen molar-refractivity contribution in [3.8, 4) is 11.8 Å². The van der Waals surface area contributed by atoms with Crippen molar-refractivity contribution in [3.63, 3.8) is 0 Å². The Morgan fingerprint density at radius 1 is 1.00 bits per heavy atom. The number of benzene rings is 1. The van der Waals surface area contributed by atoms with Gasteiger partial charge in [-0.15, -0.1) is 23.6 Å². The molecule has 1 aromatic rings. The number of carboxylic acid groups (broad SMARTS) is 1. The van der Waals surface area contributed by atoms with Crippen molar-refractivity contribution in [2.45, 2.75) is 81.3 Å². The molecule has 0 aliphatic rings. The molecule has 0 fully saturated rings. The van der Waals surface area contributed by atoms with E-state index in [0.717, 1.165) is 17.7 Å². The molecule has 0 spiro atoms. The van der Waals surface area contributed by atoms with Crippen LogP contribution in [0.4, 0.5) is 0 Å². The van der Waals surface area contributed by atoms with Crippen molar-refractivity contribution in [3.05, 3.63) is 30.3 Å². The third-order valence-electron chi connectivity index (χ3n) is 3.86. The predicted octanol–water partition coefficient (Wildman–Crippen LogP) is 6.16. The van der Waals surface area contributed by atoms with Gasteiger partial charge in [0.25, 0.3) is 0 Å². The van der Waals surface area contributed by atoms with Gasteiger partial charge in [-0.3, -0.25) is 4.79 Å². The molecule has 0 saturated carbocycles. The first-order chi connectivity index (χ1) is 11.7. The average molecular weight is 347 g/mol. The van der Waals surface area contributed by atoms with Crippen LogP contribution in [0.15, 0.2) is 35.2 Å². The Kier molecular flexibility index (Phi) is 12.0. The summed E-state index contributed by atoms with van der Waals surface area (Å²) in [4.78, 5) is 12.3. The van der Waals surface area contributed by atoms with Crippen LogP contribution in [0.3, 0.4) is 0 Å². The molecule has 1 N–H and O–H groups in total. The van der Waals surface area contributed by atoms with Crippen LogP contribution in [0, 0.1) is 11.8 Å². The van der Waals surface area contributed by atoms with E-state index < -0.39 is 11.2 Å². The van der Waals surface area contributed by atoms with Gasteiger partial charge in [-0.05, 0) is 18.6 Å². The van der Waals surface area contributed by atoms with Gasteiger partial charge in [0, 0.05) is 17.7 Å². The number of hydrogen-bond donors (Lipinski definition) is 1. The third kappa shape index (κ3) is 10.4. The van der Waals surface area contributed by atoms with E-state index in [4.69, 9.17) is 0 Å². The fourth-order valence-corrected chi connectivity index (χ4v) is 3.35. The molecule has 24 heavy (non-hydrogen) atoms. The van der Waals surface area contributed by atoms with Gasteiger partial charge in [-0.2, -0.15) is 0 Å². The summed E-state index contributed by atoms with van der Waals surface area (Å²) in [7, 11) is 0. The maximum absolute atomic E-state index is 11.3. The molecule has 0 heterocycles. The van der Waals surface area contributed by atoms with Crippen molar-refractivity contribution >= 4 is 17.7 Å². The van der Waals surface area contributed by atoms with E-state index in [1.165, 1.54) is 56.7 Å². The molecule has 0 aliphatic carbocycles. The Hall–Kier alpha value is -1.40. The zero-order valence-electron chi connectivity index (χ0n) is 14.8. The minimum absolute atomic E-state index is 0.409. The van der Waals surface area contributed by atoms with Gasteiger partial charge in [0.05, 0.1) is 0 Å². The normalized spacial score (nSPS) is 11.5. The van der Waals surface area contributed by atoms with E-state index in [-0.39, 0.29) is 0 Å². The molecule has 0 amide bonds. The molecule has 2 nitrogen and oxygen atoms in total. The van der Waals surface area contributed by atoms with Gasteiger partial charge in [0.15, 0.2) is 0 Å². The predicted molar refractivity (Wildman–Crippen MR) is 103 cm³/mol. The first-order valence-corrected chi connectivity index (χ1v) is 10.0. The van der Waals surface area contributed by atoms with Crippen LogP contribution in [0.5, 0.6) is 0 Å². The highest BCUT2D eigenvalue weighted by Gasteiger charge is 2.17. The second-order valence-corrected chi connectivity index (χ2v) is 7.32. The van der Waals surface area contributed by atoms with E-state index in [9.17, 15) is 9.90 Å². The molecular weight excluding hydrogens is 316 g/mol. The zero-order valence-corrected chi connectivity index (χ0v) is 15.6. The lowest BCUT2D eigenvalue weighted by Gasteiger charge is -2.08. The van der Waals surface area contributed by atoms with Crippen molar-refractivity contribution in [1.29, 1.82) is 0 Å². The lowest BCUT2D eigenvalue weighted by Crippen LogP contribution is -2.15. The Labute approximate surface area is 151 Å². The van der Waals surface area contributed by atoms with Gasteiger partial charge in [0.2, 0.25) is 0 Å². The van der Waals surface area contributed by atoms with E-state index in [2.05, 4.69) is 18.8 Å². The molecule has 0 radical (unpaired) electrons. The summed E-state index contributed by atoms with van der Waals surface area (Å²) in [5.74, 6) is 5.41. The van der Waals surface area contributed by atoms with Gasteiger partial charge in [-0.1, -0.05) is 70.1 Å². The maximum Gasteiger partial charge on any atom is 0.317 e. The van der Waals surface area contributed by atoms with Crippen molar-refractivity contribution in [2.24, 2.45) is 0 Å². The number of aliphatic carboxylic acids is 1. The smallest absolute Gasteiger partial charge is 0.317 e. The SMILES string of the molecule is CCCCCCCCCCC#CCC(Sc1ccccc1)C(=O)O. The molecule has 3 heteroatoms. The minimum Gasteiger partial charge on any atom is -0.480 e. The molecule has 0 saturated heterocycles. The highest BCUT2D eigenvalue weighted by molar-refractivity contribution is 8.00. The molecule has 132 valence electrons. The summed E-state index contributed by atoms with van der Waals surface area (Å²) >= 11 is 1.38. The Bertz CT molecular complexity index is 502. The summed E-state index contributed by atoms with van der Waals surface area (Å²) in [6, 6.07) is 9.66. The third-order valence-corrected chi connectivity index (χ3v) is 5.06. The molecule has 0 bridgehead atoms. The zero-order chi connectivity index (χ0) is 17.5. The number of unbranched alkanes of at least 4 members (excludes halogenated alkanes) is 8. The summed E-state index contributed by atoms with van der Waals surface area (Å²) in [5.41, 5.74) is 0. The molecule has 1 atom stereocenters. The van der Waals surface area contributed by atoms with Gasteiger partial charge in [-0.25, -0.2) is 0 Å². The van der Waals surface area contributed by atoms with Crippen LogP contribution in [0.2, 0.25) is 0 Å². The molecule has 1 rings (SSSR count). The fourth-order valence-electron chi connectivity index (χ4n) is 2.44. The lowest BCUT2D eigenvalue weighted by atomic mass is 10.1. The van der Waals surface area contributed by atoms with Gasteiger partial charge in [0.1, 0.15) is 5.25 Å². The Morgan fingerprint density at radius 3 is 2.25 bits per heavy atom. The van der Waals surface area contributed by atoms with Crippen LogP contribution < -0.4 is 0 Å². The average Bonchev–Trinajstić information content (AvgIpc) is 2.59. The Balaban J connectivity index is 2.15. The first-order valence-electron chi connectivity index (χ1n) is 9.14. The number of carboxylic acids is 1. The second-order valence-electron chi connectivity index (χ2n) is 6.04. The van der Waals surface area contributed by atoms with Gasteiger partial charge < -0.3 is 5.11 Å². The highest BCUT2D eigenvalue weighted by Crippen LogP contribution is 2.25. The van der Waals surface area contributed by atoms with E-state index >= 15 is 0 Å². The number of hydrogen-bond acceptors (Lipinski definition) is 2. The number of rotatable bonds is 12. The van der Waals surface area contributed by atoms with Crippen LogP contribution in [-0.2, 0) is 4.79 Å². The molecule has 1 unspecified atom stereocenters. The van der Waals surface area contributed by atoms with Crippen molar-refractivity contribution in [1.82, 2.24) is 0 Å². The van der Waals surface area contributed by atoms with E-state index in [0.29, 0.717) is 6.42 Å². The molecule has 1 aromatic carbocycles. The van der Waals surface area contributed by atoms with Crippen LogP contribution in [0.1, 0.15) is 71.1 Å². The molecule has 0 aromatic heterocycles. The van der Waals surface area contributed by atoms with E-state index in [1.807, 2.05) is 30.3 Å². The standard InChI is InChI=1S/C21H30O2S/c1-2-3-4-5-6-7-8-9-10-11-15-18-20(21(22)23)24-19-16-13-12-14-17-19/h12-14,16-17,20H,2-10,18H2,1H3,(H,22,23). The largest absolute Gasteiger partial charge is 0.480 e. The van der Waals surface area contributed by atoms with Crippen LogP contribution in [-0.4, -0.2) is 16.3 Å². The first kappa shape index (κ1) is 20.6. The van der Waals surface area contributed by atoms with E-state index in [1.54, 1.807) is 0 Å². The number of thioether (sulfide) groups is 1. The quantitative estimate of drug-likeness (QED) is 0.280. The maximum atomic E-state index is 11.3. The topological polar surface area (TPSA) is 37.3 Å². The van der Waals surface area contributed by atoms with Crippen molar-refractivity contribution < 1.29 is 9.90 Å². The highest BCUT2D eigenvalue weighted by atomic mass is 32.2. The number of carbonyl (C=O) groups is 1. The molecule has 0 aliphatic heterocycles. The lowest BCUT2D eigenvalue weighted by molar-refractivity contribution is -0.136. The summed E-state index contributed by atoms with van der Waals surface area (Å²) < 4.78 is 0. The summed E-state index contributed by atoms with van der Waals surface area (Å²) in [5, 5.41) is 8.82. The van der Waals surface area contributed by atoms with Crippen LogP contribution in [0.25, 0.3) is 0 Å². The van der Waals surface area contributed by atoms with Gasteiger partial charge >= 0.3 is 5.97 Å². The summed E-state index contributed by atoms with van der Waals surface area (Å²) in [6.45, 7) is 2.24. The Morgan fingerprint density at radius 2 is 1.62 bits per heavy atom. The monoisotopic (exact) mass is 346 g/mol. The summed E-state index contributed by atoms with van der Waals surface area (Å²) in [6.07, 6.45) is 11.7. The minimum atomic E-state index is -0.787.